The quantitative estimate of drug-likeness (QED) is 0.775. The number of piperazine rings is 1. The number of rotatable bonds is 3. The molecule has 1 aliphatic rings. The number of nitrogens with zero attached hydrogens (tertiary/aromatic N) is 1. The van der Waals surface area contributed by atoms with E-state index >= 15 is 0 Å². The lowest BCUT2D eigenvalue weighted by atomic mass is 9.77. The maximum atomic E-state index is 11.1. The lowest BCUT2D eigenvalue weighted by molar-refractivity contribution is 0.200. The van der Waals surface area contributed by atoms with Gasteiger partial charge in [0.05, 0.1) is 6.04 Å². The van der Waals surface area contributed by atoms with Crippen LogP contribution >= 0.6 is 11.3 Å². The maximum absolute atomic E-state index is 11.1. The first-order valence-corrected chi connectivity index (χ1v) is 10.8. The molecule has 0 unspecified atom stereocenters. The molecule has 2 aromatic rings. The summed E-state index contributed by atoms with van der Waals surface area (Å²) < 4.78 is 0. The van der Waals surface area contributed by atoms with Crippen molar-refractivity contribution < 1.29 is 5.11 Å². The zero-order chi connectivity index (χ0) is 19.8. The summed E-state index contributed by atoms with van der Waals surface area (Å²) in [6, 6.07) is 9.13. The van der Waals surface area contributed by atoms with E-state index in [1.54, 1.807) is 0 Å². The first-order chi connectivity index (χ1) is 12.6. The zero-order valence-electron chi connectivity index (χ0n) is 17.6. The van der Waals surface area contributed by atoms with E-state index in [0.29, 0.717) is 5.75 Å². The zero-order valence-corrected chi connectivity index (χ0v) is 18.4. The summed E-state index contributed by atoms with van der Waals surface area (Å²) in [6.07, 6.45) is 0. The molecule has 2 N–H and O–H groups in total. The Morgan fingerprint density at radius 1 is 1.00 bits per heavy atom. The van der Waals surface area contributed by atoms with Gasteiger partial charge in [-0.2, -0.15) is 0 Å². The molecular weight excluding hydrogens is 352 g/mol. The summed E-state index contributed by atoms with van der Waals surface area (Å²) in [7, 11) is 0. The number of benzene rings is 1. The molecule has 1 saturated heterocycles. The van der Waals surface area contributed by atoms with Crippen molar-refractivity contribution in [1.29, 1.82) is 0 Å². The van der Waals surface area contributed by atoms with Gasteiger partial charge in [0, 0.05) is 31.1 Å². The summed E-state index contributed by atoms with van der Waals surface area (Å²) in [4.78, 5) is 3.95. The molecule has 0 radical (unpaired) electrons. The summed E-state index contributed by atoms with van der Waals surface area (Å²) >= 11 is 1.83. The van der Waals surface area contributed by atoms with E-state index in [4.69, 9.17) is 0 Å². The van der Waals surface area contributed by atoms with Gasteiger partial charge in [0.1, 0.15) is 5.75 Å². The summed E-state index contributed by atoms with van der Waals surface area (Å²) in [5.41, 5.74) is 3.17. The fourth-order valence-electron chi connectivity index (χ4n) is 3.90. The average molecular weight is 387 g/mol. The number of phenols is 1. The van der Waals surface area contributed by atoms with Gasteiger partial charge in [0.2, 0.25) is 0 Å². The highest BCUT2D eigenvalue weighted by Crippen LogP contribution is 2.43. The number of phenolic OH excluding ortho intramolecular Hbond substituents is 1. The van der Waals surface area contributed by atoms with Crippen molar-refractivity contribution in [1.82, 2.24) is 10.2 Å². The van der Waals surface area contributed by atoms with Gasteiger partial charge in [-0.05, 0) is 51.1 Å². The van der Waals surface area contributed by atoms with Crippen LogP contribution in [-0.4, -0.2) is 36.2 Å². The maximum Gasteiger partial charge on any atom is 0.123 e. The number of hydrogen-bond donors (Lipinski definition) is 2. The van der Waals surface area contributed by atoms with Crippen molar-refractivity contribution in [3.05, 3.63) is 51.2 Å². The van der Waals surface area contributed by atoms with Crippen LogP contribution in [0.25, 0.3) is 0 Å². The molecule has 0 aliphatic carbocycles. The van der Waals surface area contributed by atoms with Crippen molar-refractivity contribution in [3.63, 3.8) is 0 Å². The molecule has 0 bridgehead atoms. The van der Waals surface area contributed by atoms with Crippen molar-refractivity contribution in [3.8, 4) is 5.75 Å². The molecule has 0 spiro atoms. The number of thiophene rings is 1. The van der Waals surface area contributed by atoms with Gasteiger partial charge >= 0.3 is 0 Å². The Hall–Kier alpha value is -1.36. The Morgan fingerprint density at radius 2 is 1.56 bits per heavy atom. The third-order valence-corrected chi connectivity index (χ3v) is 6.32. The second kappa shape index (κ2) is 7.57. The van der Waals surface area contributed by atoms with E-state index in [1.807, 2.05) is 11.3 Å². The fraction of sp³-hybridized carbons (Fsp3) is 0.565. The van der Waals surface area contributed by atoms with Crippen molar-refractivity contribution in [2.75, 3.05) is 26.2 Å². The topological polar surface area (TPSA) is 35.5 Å². The Bertz CT molecular complexity index is 728. The molecule has 2 heterocycles. The van der Waals surface area contributed by atoms with Crippen molar-refractivity contribution >= 4 is 11.3 Å². The predicted octanol–water partition coefficient (Wildman–Crippen LogP) is 5.04. The first-order valence-electron chi connectivity index (χ1n) is 9.95. The third kappa shape index (κ3) is 4.39. The van der Waals surface area contributed by atoms with E-state index in [-0.39, 0.29) is 16.9 Å². The van der Waals surface area contributed by atoms with Gasteiger partial charge in [-0.1, -0.05) is 47.6 Å². The second-order valence-corrected chi connectivity index (χ2v) is 10.6. The van der Waals surface area contributed by atoms with E-state index < -0.39 is 0 Å². The van der Waals surface area contributed by atoms with Crippen LogP contribution in [0.4, 0.5) is 0 Å². The number of aromatic hydroxyl groups is 1. The fourth-order valence-corrected chi connectivity index (χ4v) is 4.79. The molecule has 1 atom stereocenters. The van der Waals surface area contributed by atoms with Crippen molar-refractivity contribution in [2.24, 2.45) is 0 Å². The molecule has 3 nitrogen and oxygen atoms in total. The van der Waals surface area contributed by atoms with Gasteiger partial charge in [-0.25, -0.2) is 0 Å². The van der Waals surface area contributed by atoms with Crippen LogP contribution in [0.2, 0.25) is 0 Å². The lowest BCUT2D eigenvalue weighted by Crippen LogP contribution is -2.45. The predicted molar refractivity (Wildman–Crippen MR) is 116 cm³/mol. The standard InChI is InChI=1S/C23H34N2OS/c1-22(2,3)17-14-16(15-18(21(17)26)23(4,5)6)20(19-8-7-13-27-19)25-11-9-24-10-12-25/h7-8,13-15,20,24,26H,9-12H2,1-6H3/t20-/m1/s1. The normalized spacial score (nSPS) is 17.9. The number of hydrogen-bond acceptors (Lipinski definition) is 4. The summed E-state index contributed by atoms with van der Waals surface area (Å²) in [5.74, 6) is 0.462. The molecule has 1 aliphatic heterocycles. The van der Waals surface area contributed by atoms with Crippen molar-refractivity contribution in [2.45, 2.75) is 58.4 Å². The molecule has 0 amide bonds. The minimum Gasteiger partial charge on any atom is -0.507 e. The van der Waals surface area contributed by atoms with Crippen LogP contribution in [0.5, 0.6) is 5.75 Å². The molecule has 0 saturated carbocycles. The van der Waals surface area contributed by atoms with Gasteiger partial charge < -0.3 is 10.4 Å². The molecular formula is C23H34N2OS. The van der Waals surface area contributed by atoms with Gasteiger partial charge in [-0.3, -0.25) is 4.90 Å². The molecule has 148 valence electrons. The minimum absolute atomic E-state index is 0.108. The lowest BCUT2D eigenvalue weighted by Gasteiger charge is -2.36. The van der Waals surface area contributed by atoms with E-state index in [9.17, 15) is 5.11 Å². The highest BCUT2D eigenvalue weighted by atomic mass is 32.1. The summed E-state index contributed by atoms with van der Waals surface area (Å²) in [6.45, 7) is 17.2. The Balaban J connectivity index is 2.19. The monoisotopic (exact) mass is 386 g/mol. The molecule has 1 aromatic carbocycles. The molecule has 27 heavy (non-hydrogen) atoms. The van der Waals surface area contributed by atoms with Gasteiger partial charge in [0.15, 0.2) is 0 Å². The molecule has 3 rings (SSSR count). The Morgan fingerprint density at radius 3 is 2.00 bits per heavy atom. The smallest absolute Gasteiger partial charge is 0.123 e. The van der Waals surface area contributed by atoms with E-state index in [2.05, 4.69) is 81.4 Å². The largest absolute Gasteiger partial charge is 0.507 e. The van der Waals surface area contributed by atoms with Crippen LogP contribution < -0.4 is 5.32 Å². The van der Waals surface area contributed by atoms with Crippen LogP contribution in [0, 0.1) is 0 Å². The van der Waals surface area contributed by atoms with Crippen LogP contribution in [0.1, 0.15) is 69.2 Å². The van der Waals surface area contributed by atoms with Crippen LogP contribution in [0.15, 0.2) is 29.6 Å². The Kier molecular flexibility index (Phi) is 5.72. The van der Waals surface area contributed by atoms with E-state index in [0.717, 1.165) is 37.3 Å². The molecule has 1 fully saturated rings. The minimum atomic E-state index is -0.108. The third-order valence-electron chi connectivity index (χ3n) is 5.39. The molecule has 4 heteroatoms. The number of nitrogens with one attached hydrogen (secondary N) is 1. The highest BCUT2D eigenvalue weighted by molar-refractivity contribution is 7.10. The molecule has 1 aromatic heterocycles. The van der Waals surface area contributed by atoms with Crippen LogP contribution in [-0.2, 0) is 10.8 Å². The SMILES string of the molecule is CC(C)(C)c1cc([C@H](c2cccs2)N2CCNCC2)cc(C(C)(C)C)c1O. The highest BCUT2D eigenvalue weighted by Gasteiger charge is 2.31. The van der Waals surface area contributed by atoms with Crippen LogP contribution in [0.3, 0.4) is 0 Å². The average Bonchev–Trinajstić information content (AvgIpc) is 3.09. The Labute approximate surface area is 168 Å². The van der Waals surface area contributed by atoms with Gasteiger partial charge in [-0.15, -0.1) is 11.3 Å². The summed E-state index contributed by atoms with van der Waals surface area (Å²) in [5, 5.41) is 16.7. The second-order valence-electron chi connectivity index (χ2n) is 9.67. The first kappa shape index (κ1) is 20.4. The van der Waals surface area contributed by atoms with Gasteiger partial charge in [0.25, 0.3) is 0 Å². The van der Waals surface area contributed by atoms with E-state index in [1.165, 1.54) is 10.4 Å².